The zero-order valence-corrected chi connectivity index (χ0v) is 28.1. The molecule has 5 rings (SSSR count). The number of nitriles is 2. The second-order valence-corrected chi connectivity index (χ2v) is 12.5. The zero-order chi connectivity index (χ0) is 36.2. The number of fused-ring (bicyclic) bond motifs is 1. The predicted molar refractivity (Wildman–Crippen MR) is 178 cm³/mol. The van der Waals surface area contributed by atoms with Gasteiger partial charge in [-0.15, -0.1) is 5.10 Å². The Morgan fingerprint density at radius 1 is 1.20 bits per heavy atom. The van der Waals surface area contributed by atoms with Crippen LogP contribution in [0.1, 0.15) is 36.1 Å². The van der Waals surface area contributed by atoms with E-state index in [1.807, 2.05) is 13.0 Å². The molecule has 260 valence electrons. The highest BCUT2D eigenvalue weighted by molar-refractivity contribution is 7.46. The molecule has 3 heterocycles. The molecule has 0 aliphatic carbocycles. The first kappa shape index (κ1) is 35.7. The SMILES string of the molecule is CCNc1nc(Nc2cc(C#N)cc(N3CC[C@@H](NC(=O)OC)[C@H](C(C(=O)O)c4ccc(OP(=O)(O)O)cc4)C3)c2Cl)nn2c(C#N)cnc12. The van der Waals surface area contributed by atoms with E-state index in [0.717, 1.165) is 0 Å². The van der Waals surface area contributed by atoms with Crippen LogP contribution in [-0.2, 0) is 14.1 Å². The molecule has 1 saturated heterocycles. The number of nitrogens with one attached hydrogen (secondary N) is 3. The molecule has 1 fully saturated rings. The van der Waals surface area contributed by atoms with Crippen molar-refractivity contribution in [1.82, 2.24) is 24.9 Å². The summed E-state index contributed by atoms with van der Waals surface area (Å²) in [7, 11) is -3.67. The van der Waals surface area contributed by atoms with Crippen molar-refractivity contribution in [2.45, 2.75) is 25.3 Å². The number of carboxylic acid groups (broad SMARTS) is 1. The Morgan fingerprint density at radius 2 is 1.94 bits per heavy atom. The van der Waals surface area contributed by atoms with Gasteiger partial charge in [-0.25, -0.2) is 14.3 Å². The van der Waals surface area contributed by atoms with Gasteiger partial charge in [0.25, 0.3) is 0 Å². The summed E-state index contributed by atoms with van der Waals surface area (Å²) in [5, 5.41) is 43.3. The van der Waals surface area contributed by atoms with E-state index in [-0.39, 0.29) is 58.7 Å². The number of phosphoric ester groups is 1. The molecular weight excluding hydrogens is 695 g/mol. The number of rotatable bonds is 11. The molecule has 1 amide bonds. The first-order valence-electron chi connectivity index (χ1n) is 14.9. The highest BCUT2D eigenvalue weighted by atomic mass is 35.5. The van der Waals surface area contributed by atoms with E-state index >= 15 is 0 Å². The number of aliphatic carboxylic acids is 1. The fourth-order valence-corrected chi connectivity index (χ4v) is 6.46. The quantitative estimate of drug-likeness (QED) is 0.121. The number of hydrogen-bond donors (Lipinski definition) is 6. The number of methoxy groups -OCH3 is 1. The molecule has 50 heavy (non-hydrogen) atoms. The molecule has 1 unspecified atom stereocenters. The molecule has 4 aromatic rings. The van der Waals surface area contributed by atoms with Crippen molar-refractivity contribution in [1.29, 1.82) is 10.5 Å². The minimum absolute atomic E-state index is 0.0357. The van der Waals surface area contributed by atoms with Crippen LogP contribution in [0.2, 0.25) is 5.02 Å². The maximum absolute atomic E-state index is 12.8. The number of carbonyl (C=O) groups excluding carboxylic acids is 1. The first-order valence-corrected chi connectivity index (χ1v) is 16.8. The van der Waals surface area contributed by atoms with E-state index < -0.39 is 37.8 Å². The summed E-state index contributed by atoms with van der Waals surface area (Å²) in [6, 6.07) is 11.7. The molecule has 1 aliphatic rings. The number of aromatic nitrogens is 4. The number of carboxylic acids is 1. The minimum Gasteiger partial charge on any atom is -0.481 e. The van der Waals surface area contributed by atoms with Crippen molar-refractivity contribution in [3.8, 4) is 17.9 Å². The van der Waals surface area contributed by atoms with Crippen molar-refractivity contribution in [2.24, 2.45) is 5.92 Å². The summed E-state index contributed by atoms with van der Waals surface area (Å²) < 4.78 is 22.0. The third-order valence-electron chi connectivity index (χ3n) is 7.90. The van der Waals surface area contributed by atoms with Crippen LogP contribution in [0, 0.1) is 28.6 Å². The van der Waals surface area contributed by atoms with Crippen LogP contribution >= 0.6 is 19.4 Å². The average Bonchev–Trinajstić information content (AvgIpc) is 3.50. The number of phosphoric acid groups is 1. The van der Waals surface area contributed by atoms with Crippen molar-refractivity contribution in [3.05, 3.63) is 64.4 Å². The van der Waals surface area contributed by atoms with Gasteiger partial charge in [-0.3, -0.25) is 14.6 Å². The van der Waals surface area contributed by atoms with Gasteiger partial charge in [-0.05, 0) is 43.2 Å². The van der Waals surface area contributed by atoms with Crippen LogP contribution in [0.4, 0.5) is 27.9 Å². The number of piperidine rings is 1. The molecule has 3 atom stereocenters. The fourth-order valence-electron chi connectivity index (χ4n) is 5.79. The monoisotopic (exact) mass is 724 g/mol. The first-order chi connectivity index (χ1) is 23.8. The lowest BCUT2D eigenvalue weighted by molar-refractivity contribution is -0.140. The van der Waals surface area contributed by atoms with E-state index in [9.17, 15) is 29.8 Å². The summed E-state index contributed by atoms with van der Waals surface area (Å²) in [5.74, 6) is -3.03. The normalized spacial score (nSPS) is 16.5. The van der Waals surface area contributed by atoms with Crippen molar-refractivity contribution in [2.75, 3.05) is 42.3 Å². The molecule has 18 nitrogen and oxygen atoms in total. The molecule has 1 aliphatic heterocycles. The van der Waals surface area contributed by atoms with Crippen LogP contribution in [0.15, 0.2) is 42.6 Å². The van der Waals surface area contributed by atoms with Gasteiger partial charge in [0.1, 0.15) is 11.8 Å². The van der Waals surface area contributed by atoms with E-state index in [4.69, 9.17) is 26.1 Å². The van der Waals surface area contributed by atoms with E-state index in [1.165, 1.54) is 48.2 Å². The second kappa shape index (κ2) is 14.9. The Kier molecular flexibility index (Phi) is 10.6. The molecule has 20 heteroatoms. The summed E-state index contributed by atoms with van der Waals surface area (Å²) in [6.45, 7) is 2.68. The molecule has 0 saturated carbocycles. The highest BCUT2D eigenvalue weighted by Gasteiger charge is 2.41. The standard InChI is InChI=1S/C30H30ClN10O8P/c1-3-34-26-27-35-14-18(13-33)41(27)39-29(38-26)36-22-10-16(12-32)11-23(25(22)31)40-9-8-21(37-30(44)48-2)20(15-40)24(28(42)43)17-4-6-19(7-5-17)49-50(45,46)47/h4-7,10-11,14,20-21,24H,3,8-9,15H2,1-2H3,(H,37,44)(H,42,43)(H2,45,46,47)(H2,34,36,38,39)/t20-,21-,24?/m1/s1. The Labute approximate surface area is 289 Å². The van der Waals surface area contributed by atoms with Gasteiger partial charge in [0.2, 0.25) is 5.95 Å². The fraction of sp³-hybridized carbons (Fsp3) is 0.300. The predicted octanol–water partition coefficient (Wildman–Crippen LogP) is 3.59. The molecule has 6 N–H and O–H groups in total. The van der Waals surface area contributed by atoms with E-state index in [0.29, 0.717) is 23.7 Å². The number of ether oxygens (including phenoxy) is 1. The Morgan fingerprint density at radius 3 is 2.56 bits per heavy atom. The summed E-state index contributed by atoms with van der Waals surface area (Å²) in [4.78, 5) is 53.9. The number of anilines is 4. The molecule has 2 aromatic heterocycles. The van der Waals surface area contributed by atoms with Crippen molar-refractivity contribution >= 4 is 60.3 Å². The number of alkyl carbamates (subject to hydrolysis) is 1. The van der Waals surface area contributed by atoms with Gasteiger partial charge in [0, 0.05) is 31.6 Å². The molecule has 0 radical (unpaired) electrons. The van der Waals surface area contributed by atoms with Crippen LogP contribution in [0.25, 0.3) is 5.65 Å². The van der Waals surface area contributed by atoms with Gasteiger partial charge in [0.15, 0.2) is 17.2 Å². The van der Waals surface area contributed by atoms with Crippen molar-refractivity contribution < 1.29 is 38.3 Å². The number of nitrogens with zero attached hydrogens (tertiary/aromatic N) is 7. The molecule has 0 spiro atoms. The summed E-state index contributed by atoms with van der Waals surface area (Å²) in [6.07, 6.45) is 0.854. The van der Waals surface area contributed by atoms with Crippen LogP contribution < -0.4 is 25.4 Å². The van der Waals surface area contributed by atoms with Gasteiger partial charge in [-0.1, -0.05) is 23.7 Å². The van der Waals surface area contributed by atoms with Crippen LogP contribution in [0.5, 0.6) is 5.75 Å². The zero-order valence-electron chi connectivity index (χ0n) is 26.4. The number of halogens is 1. The van der Waals surface area contributed by atoms with Crippen LogP contribution in [0.3, 0.4) is 0 Å². The van der Waals surface area contributed by atoms with Gasteiger partial charge >= 0.3 is 19.9 Å². The molecule has 0 bridgehead atoms. The van der Waals surface area contributed by atoms with Crippen LogP contribution in [-0.4, -0.2) is 79.3 Å². The summed E-state index contributed by atoms with van der Waals surface area (Å²) >= 11 is 6.96. The summed E-state index contributed by atoms with van der Waals surface area (Å²) in [5.41, 5.74) is 1.62. The third-order valence-corrected chi connectivity index (χ3v) is 8.74. The maximum atomic E-state index is 12.8. The Hall–Kier alpha value is -5.65. The Balaban J connectivity index is 1.52. The minimum atomic E-state index is -4.85. The largest absolute Gasteiger partial charge is 0.524 e. The average molecular weight is 725 g/mol. The number of benzene rings is 2. The maximum Gasteiger partial charge on any atom is 0.524 e. The Bertz CT molecular complexity index is 2060. The topological polar surface area (TPSA) is 260 Å². The van der Waals surface area contributed by atoms with Crippen molar-refractivity contribution in [3.63, 3.8) is 0 Å². The smallest absolute Gasteiger partial charge is 0.481 e. The number of hydrogen-bond acceptors (Lipinski definition) is 13. The second-order valence-electron chi connectivity index (χ2n) is 11.0. The van der Waals surface area contributed by atoms with Gasteiger partial charge in [-0.2, -0.15) is 20.0 Å². The third kappa shape index (κ3) is 7.80. The van der Waals surface area contributed by atoms with E-state index in [2.05, 4.69) is 41.6 Å². The molecular formula is C30H30ClN10O8P. The highest BCUT2D eigenvalue weighted by Crippen LogP contribution is 2.42. The van der Waals surface area contributed by atoms with E-state index in [1.54, 1.807) is 11.0 Å². The van der Waals surface area contributed by atoms with Gasteiger partial charge < -0.3 is 35.2 Å². The molecule has 2 aromatic carbocycles. The van der Waals surface area contributed by atoms with Gasteiger partial charge in [0.05, 0.1) is 47.3 Å². The number of amides is 1. The lowest BCUT2D eigenvalue weighted by Crippen LogP contribution is -2.54. The lowest BCUT2D eigenvalue weighted by Gasteiger charge is -2.42. The lowest BCUT2D eigenvalue weighted by atomic mass is 9.77. The number of carbonyl (C=O) groups is 2. The number of imidazole rings is 1.